The Morgan fingerprint density at radius 1 is 1.35 bits per heavy atom. The van der Waals surface area contributed by atoms with Gasteiger partial charge in [0.2, 0.25) is 0 Å². The van der Waals surface area contributed by atoms with Gasteiger partial charge in [-0.2, -0.15) is 0 Å². The van der Waals surface area contributed by atoms with Crippen LogP contribution in [0.4, 0.5) is 0 Å². The second-order valence-corrected chi connectivity index (χ2v) is 5.00. The van der Waals surface area contributed by atoms with Gasteiger partial charge in [0.1, 0.15) is 0 Å². The Balaban J connectivity index is 2.50. The quantitative estimate of drug-likeness (QED) is 0.690. The van der Waals surface area contributed by atoms with Gasteiger partial charge in [0.15, 0.2) is 0 Å². The number of methoxy groups -OCH3 is 1. The number of nitrogens with one attached hydrogen (secondary N) is 1. The zero-order valence-corrected chi connectivity index (χ0v) is 11.6. The molecule has 0 atom stereocenters. The molecule has 0 aliphatic carbocycles. The fourth-order valence-corrected chi connectivity index (χ4v) is 2.61. The molecule has 1 aliphatic rings. The van der Waals surface area contributed by atoms with E-state index >= 15 is 0 Å². The van der Waals surface area contributed by atoms with Crippen LogP contribution in [0.3, 0.4) is 0 Å². The molecule has 1 heterocycles. The van der Waals surface area contributed by atoms with Crippen LogP contribution in [0.1, 0.15) is 19.8 Å². The highest BCUT2D eigenvalue weighted by Crippen LogP contribution is 2.30. The SMILES string of the molecule is CCN(CCOC)CC1(CNC)CCOCC1. The van der Waals surface area contributed by atoms with Crippen molar-refractivity contribution in [2.24, 2.45) is 5.41 Å². The minimum Gasteiger partial charge on any atom is -0.383 e. The molecule has 0 amide bonds. The Hall–Kier alpha value is -0.160. The molecule has 1 saturated heterocycles. The summed E-state index contributed by atoms with van der Waals surface area (Å²) < 4.78 is 10.7. The summed E-state index contributed by atoms with van der Waals surface area (Å²) >= 11 is 0. The molecule has 0 aromatic rings. The number of likely N-dealkylation sites (N-methyl/N-ethyl adjacent to an activating group) is 1. The molecule has 1 aliphatic heterocycles. The van der Waals surface area contributed by atoms with Gasteiger partial charge >= 0.3 is 0 Å². The fraction of sp³-hybridized carbons (Fsp3) is 1.00. The van der Waals surface area contributed by atoms with E-state index < -0.39 is 0 Å². The van der Waals surface area contributed by atoms with E-state index in [1.165, 1.54) is 0 Å². The number of hydrogen-bond acceptors (Lipinski definition) is 4. The molecule has 17 heavy (non-hydrogen) atoms. The lowest BCUT2D eigenvalue weighted by atomic mass is 9.79. The molecule has 1 rings (SSSR count). The summed E-state index contributed by atoms with van der Waals surface area (Å²) in [6, 6.07) is 0. The van der Waals surface area contributed by atoms with Crippen LogP contribution >= 0.6 is 0 Å². The van der Waals surface area contributed by atoms with Gasteiger partial charge in [-0.15, -0.1) is 0 Å². The Morgan fingerprint density at radius 3 is 2.59 bits per heavy atom. The van der Waals surface area contributed by atoms with Gasteiger partial charge in [-0.25, -0.2) is 0 Å². The summed E-state index contributed by atoms with van der Waals surface area (Å²) in [6.07, 6.45) is 2.33. The molecule has 0 radical (unpaired) electrons. The normalized spacial score (nSPS) is 19.8. The van der Waals surface area contributed by atoms with Crippen LogP contribution in [0.5, 0.6) is 0 Å². The Bertz CT molecular complexity index is 188. The van der Waals surface area contributed by atoms with E-state index in [0.29, 0.717) is 5.41 Å². The van der Waals surface area contributed by atoms with Crippen molar-refractivity contribution in [3.05, 3.63) is 0 Å². The first-order chi connectivity index (χ1) is 8.26. The zero-order valence-electron chi connectivity index (χ0n) is 11.6. The molecule has 0 aromatic carbocycles. The molecule has 1 N–H and O–H groups in total. The second kappa shape index (κ2) is 8.03. The predicted molar refractivity (Wildman–Crippen MR) is 70.4 cm³/mol. The average Bonchev–Trinajstić information content (AvgIpc) is 2.36. The monoisotopic (exact) mass is 244 g/mol. The van der Waals surface area contributed by atoms with Crippen molar-refractivity contribution in [1.29, 1.82) is 0 Å². The van der Waals surface area contributed by atoms with Crippen LogP contribution in [0, 0.1) is 5.41 Å². The molecule has 0 bridgehead atoms. The highest BCUT2D eigenvalue weighted by atomic mass is 16.5. The van der Waals surface area contributed by atoms with E-state index in [9.17, 15) is 0 Å². The smallest absolute Gasteiger partial charge is 0.0589 e. The number of ether oxygens (including phenoxy) is 2. The molecular formula is C13H28N2O2. The van der Waals surface area contributed by atoms with Crippen LogP contribution in [-0.4, -0.2) is 65.1 Å². The Morgan fingerprint density at radius 2 is 2.06 bits per heavy atom. The Kier molecular flexibility index (Phi) is 7.04. The highest BCUT2D eigenvalue weighted by molar-refractivity contribution is 4.86. The van der Waals surface area contributed by atoms with Crippen LogP contribution < -0.4 is 5.32 Å². The summed E-state index contributed by atoms with van der Waals surface area (Å²) in [5, 5.41) is 3.35. The third-order valence-electron chi connectivity index (χ3n) is 3.72. The van der Waals surface area contributed by atoms with E-state index in [0.717, 1.165) is 58.8 Å². The standard InChI is InChI=1S/C13H28N2O2/c1-4-15(7-10-16-3)12-13(11-14-2)5-8-17-9-6-13/h14H,4-12H2,1-3H3. The molecule has 4 nitrogen and oxygen atoms in total. The van der Waals surface area contributed by atoms with E-state index in [1.807, 2.05) is 7.05 Å². The number of hydrogen-bond donors (Lipinski definition) is 1. The molecule has 0 unspecified atom stereocenters. The molecular weight excluding hydrogens is 216 g/mol. The maximum Gasteiger partial charge on any atom is 0.0589 e. The molecule has 0 saturated carbocycles. The van der Waals surface area contributed by atoms with Crippen LogP contribution in [0.25, 0.3) is 0 Å². The summed E-state index contributed by atoms with van der Waals surface area (Å²) in [5.74, 6) is 0. The minimum atomic E-state index is 0.386. The summed E-state index contributed by atoms with van der Waals surface area (Å²) in [7, 11) is 3.81. The molecule has 0 aromatic heterocycles. The lowest BCUT2D eigenvalue weighted by molar-refractivity contribution is -0.00589. The van der Waals surface area contributed by atoms with E-state index in [2.05, 4.69) is 17.1 Å². The highest BCUT2D eigenvalue weighted by Gasteiger charge is 2.33. The van der Waals surface area contributed by atoms with Gasteiger partial charge in [0.05, 0.1) is 6.61 Å². The Labute approximate surface area is 106 Å². The van der Waals surface area contributed by atoms with Crippen molar-refractivity contribution in [2.75, 3.05) is 60.2 Å². The molecule has 1 fully saturated rings. The lowest BCUT2D eigenvalue weighted by Crippen LogP contribution is -2.47. The van der Waals surface area contributed by atoms with Gasteiger partial charge in [0, 0.05) is 40.0 Å². The van der Waals surface area contributed by atoms with Gasteiger partial charge in [-0.1, -0.05) is 6.92 Å². The topological polar surface area (TPSA) is 33.7 Å². The first kappa shape index (κ1) is 14.9. The third kappa shape index (κ3) is 4.92. The van der Waals surface area contributed by atoms with Crippen molar-refractivity contribution in [3.63, 3.8) is 0 Å². The first-order valence-electron chi connectivity index (χ1n) is 6.70. The maximum atomic E-state index is 5.50. The van der Waals surface area contributed by atoms with Crippen molar-refractivity contribution in [3.8, 4) is 0 Å². The van der Waals surface area contributed by atoms with E-state index in [1.54, 1.807) is 7.11 Å². The average molecular weight is 244 g/mol. The van der Waals surface area contributed by atoms with Crippen molar-refractivity contribution in [1.82, 2.24) is 10.2 Å². The number of nitrogens with zero attached hydrogens (tertiary/aromatic N) is 1. The number of rotatable bonds is 8. The summed E-state index contributed by atoms with van der Waals surface area (Å²) in [6.45, 7) is 9.21. The third-order valence-corrected chi connectivity index (χ3v) is 3.72. The van der Waals surface area contributed by atoms with Gasteiger partial charge in [0.25, 0.3) is 0 Å². The van der Waals surface area contributed by atoms with Crippen LogP contribution in [0.2, 0.25) is 0 Å². The van der Waals surface area contributed by atoms with Gasteiger partial charge < -0.3 is 19.7 Å². The van der Waals surface area contributed by atoms with Crippen molar-refractivity contribution < 1.29 is 9.47 Å². The van der Waals surface area contributed by atoms with Crippen molar-refractivity contribution in [2.45, 2.75) is 19.8 Å². The molecule has 0 spiro atoms. The van der Waals surface area contributed by atoms with Crippen molar-refractivity contribution >= 4 is 0 Å². The summed E-state index contributed by atoms with van der Waals surface area (Å²) in [5.41, 5.74) is 0.386. The van der Waals surface area contributed by atoms with E-state index in [4.69, 9.17) is 9.47 Å². The van der Waals surface area contributed by atoms with Gasteiger partial charge in [-0.05, 0) is 31.8 Å². The largest absolute Gasteiger partial charge is 0.383 e. The minimum absolute atomic E-state index is 0.386. The zero-order chi connectivity index (χ0) is 12.6. The predicted octanol–water partition coefficient (Wildman–Crippen LogP) is 0.971. The maximum absolute atomic E-state index is 5.50. The molecule has 4 heteroatoms. The second-order valence-electron chi connectivity index (χ2n) is 5.00. The van der Waals surface area contributed by atoms with Crippen LogP contribution in [-0.2, 0) is 9.47 Å². The first-order valence-corrected chi connectivity index (χ1v) is 6.70. The lowest BCUT2D eigenvalue weighted by Gasteiger charge is -2.40. The molecule has 102 valence electrons. The fourth-order valence-electron chi connectivity index (χ4n) is 2.61. The van der Waals surface area contributed by atoms with E-state index in [-0.39, 0.29) is 0 Å². The summed E-state index contributed by atoms with van der Waals surface area (Å²) in [4.78, 5) is 2.49. The van der Waals surface area contributed by atoms with Crippen LogP contribution in [0.15, 0.2) is 0 Å². The van der Waals surface area contributed by atoms with Gasteiger partial charge in [-0.3, -0.25) is 0 Å².